The van der Waals surface area contributed by atoms with E-state index in [-0.39, 0.29) is 12.1 Å². The molecule has 0 aliphatic carbocycles. The van der Waals surface area contributed by atoms with Gasteiger partial charge in [0.15, 0.2) is 6.10 Å². The van der Waals surface area contributed by atoms with Crippen molar-refractivity contribution >= 4 is 5.97 Å². The van der Waals surface area contributed by atoms with Crippen LogP contribution >= 0.6 is 0 Å². The van der Waals surface area contributed by atoms with Gasteiger partial charge in [-0.3, -0.25) is 0 Å². The minimum atomic E-state index is -0.507. The SMILES string of the molecule is CC(C)OC(=O)C1OC1(C)c1ccccc1. The number of epoxide rings is 1. The number of benzene rings is 1. The Labute approximate surface area is 95.4 Å². The van der Waals surface area contributed by atoms with Crippen LogP contribution in [0.1, 0.15) is 26.3 Å². The Morgan fingerprint density at radius 3 is 2.56 bits per heavy atom. The molecule has 0 amide bonds. The zero-order valence-corrected chi connectivity index (χ0v) is 9.77. The Morgan fingerprint density at radius 2 is 2.00 bits per heavy atom. The maximum absolute atomic E-state index is 11.7. The van der Waals surface area contributed by atoms with E-state index in [2.05, 4.69) is 0 Å². The van der Waals surface area contributed by atoms with Gasteiger partial charge in [-0.05, 0) is 26.3 Å². The number of carbonyl (C=O) groups is 1. The molecule has 0 bridgehead atoms. The maximum atomic E-state index is 11.7. The second-order valence-electron chi connectivity index (χ2n) is 4.46. The smallest absolute Gasteiger partial charge is 0.338 e. The average molecular weight is 220 g/mol. The van der Waals surface area contributed by atoms with Crippen molar-refractivity contribution < 1.29 is 14.3 Å². The van der Waals surface area contributed by atoms with Crippen LogP contribution < -0.4 is 0 Å². The topological polar surface area (TPSA) is 38.8 Å². The van der Waals surface area contributed by atoms with Crippen LogP contribution in [0, 0.1) is 0 Å². The van der Waals surface area contributed by atoms with E-state index in [0.29, 0.717) is 0 Å². The zero-order chi connectivity index (χ0) is 11.8. The molecule has 3 nitrogen and oxygen atoms in total. The number of carbonyl (C=O) groups excluding carboxylic acids is 1. The normalized spacial score (nSPS) is 27.9. The van der Waals surface area contributed by atoms with Crippen molar-refractivity contribution in [1.29, 1.82) is 0 Å². The molecular weight excluding hydrogens is 204 g/mol. The van der Waals surface area contributed by atoms with Crippen LogP contribution in [-0.2, 0) is 19.9 Å². The van der Waals surface area contributed by atoms with Gasteiger partial charge in [-0.2, -0.15) is 0 Å². The highest BCUT2D eigenvalue weighted by atomic mass is 16.7. The molecule has 0 spiro atoms. The lowest BCUT2D eigenvalue weighted by molar-refractivity contribution is -0.148. The molecule has 1 saturated heterocycles. The zero-order valence-electron chi connectivity index (χ0n) is 9.77. The summed E-state index contributed by atoms with van der Waals surface area (Å²) < 4.78 is 10.6. The third-order valence-electron chi connectivity index (χ3n) is 2.72. The number of rotatable bonds is 3. The summed E-state index contributed by atoms with van der Waals surface area (Å²) in [5.41, 5.74) is 0.508. The van der Waals surface area contributed by atoms with Gasteiger partial charge in [-0.1, -0.05) is 30.3 Å². The van der Waals surface area contributed by atoms with Crippen molar-refractivity contribution in [1.82, 2.24) is 0 Å². The first-order chi connectivity index (χ1) is 7.54. The fraction of sp³-hybridized carbons (Fsp3) is 0.462. The van der Waals surface area contributed by atoms with Crippen LogP contribution in [-0.4, -0.2) is 18.2 Å². The molecule has 2 unspecified atom stereocenters. The lowest BCUT2D eigenvalue weighted by Gasteiger charge is -2.08. The van der Waals surface area contributed by atoms with Crippen molar-refractivity contribution in [2.24, 2.45) is 0 Å². The third kappa shape index (κ3) is 1.95. The molecular formula is C13H16O3. The Hall–Kier alpha value is -1.35. The number of hydrogen-bond donors (Lipinski definition) is 0. The minimum Gasteiger partial charge on any atom is -0.461 e. The number of esters is 1. The van der Waals surface area contributed by atoms with Crippen LogP contribution in [0.25, 0.3) is 0 Å². The first kappa shape index (κ1) is 11.1. The molecule has 0 N–H and O–H groups in total. The molecule has 1 aliphatic heterocycles. The highest BCUT2D eigenvalue weighted by molar-refractivity contribution is 5.80. The quantitative estimate of drug-likeness (QED) is 0.579. The molecule has 1 heterocycles. The van der Waals surface area contributed by atoms with Gasteiger partial charge in [0.1, 0.15) is 5.60 Å². The molecule has 1 aliphatic rings. The number of ether oxygens (including phenoxy) is 2. The van der Waals surface area contributed by atoms with Gasteiger partial charge < -0.3 is 9.47 Å². The molecule has 86 valence electrons. The van der Waals surface area contributed by atoms with E-state index in [0.717, 1.165) is 5.56 Å². The lowest BCUT2D eigenvalue weighted by Crippen LogP contribution is -2.21. The van der Waals surface area contributed by atoms with Crippen molar-refractivity contribution in [2.75, 3.05) is 0 Å². The van der Waals surface area contributed by atoms with Crippen molar-refractivity contribution in [3.63, 3.8) is 0 Å². The van der Waals surface area contributed by atoms with E-state index in [1.165, 1.54) is 0 Å². The molecule has 1 fully saturated rings. The summed E-state index contributed by atoms with van der Waals surface area (Å²) in [6.45, 7) is 5.58. The maximum Gasteiger partial charge on any atom is 0.338 e. The summed E-state index contributed by atoms with van der Waals surface area (Å²) in [5, 5.41) is 0. The van der Waals surface area contributed by atoms with E-state index in [1.54, 1.807) is 0 Å². The highest BCUT2D eigenvalue weighted by Crippen LogP contribution is 2.46. The first-order valence-corrected chi connectivity index (χ1v) is 5.48. The van der Waals surface area contributed by atoms with E-state index in [4.69, 9.17) is 9.47 Å². The van der Waals surface area contributed by atoms with Gasteiger partial charge in [-0.15, -0.1) is 0 Å². The van der Waals surface area contributed by atoms with E-state index < -0.39 is 11.7 Å². The van der Waals surface area contributed by atoms with Gasteiger partial charge in [-0.25, -0.2) is 4.79 Å². The molecule has 1 aromatic rings. The van der Waals surface area contributed by atoms with Crippen molar-refractivity contribution in [3.8, 4) is 0 Å². The first-order valence-electron chi connectivity index (χ1n) is 5.48. The lowest BCUT2D eigenvalue weighted by atomic mass is 9.97. The monoisotopic (exact) mass is 220 g/mol. The summed E-state index contributed by atoms with van der Waals surface area (Å²) in [7, 11) is 0. The molecule has 16 heavy (non-hydrogen) atoms. The summed E-state index contributed by atoms with van der Waals surface area (Å²) in [4.78, 5) is 11.7. The molecule has 2 rings (SSSR count). The summed E-state index contributed by atoms with van der Waals surface area (Å²) in [6.07, 6.45) is -0.561. The molecule has 2 atom stereocenters. The van der Waals surface area contributed by atoms with Crippen LogP contribution in [0.3, 0.4) is 0 Å². The van der Waals surface area contributed by atoms with Crippen molar-refractivity contribution in [3.05, 3.63) is 35.9 Å². The Balaban J connectivity index is 2.07. The molecule has 3 heteroatoms. The summed E-state index contributed by atoms with van der Waals surface area (Å²) in [6, 6.07) is 9.74. The van der Waals surface area contributed by atoms with Crippen LogP contribution in [0.15, 0.2) is 30.3 Å². The van der Waals surface area contributed by atoms with Gasteiger partial charge in [0.05, 0.1) is 6.10 Å². The predicted molar refractivity (Wildman–Crippen MR) is 59.9 cm³/mol. The molecule has 0 radical (unpaired) electrons. The Bertz CT molecular complexity index is 385. The number of hydrogen-bond acceptors (Lipinski definition) is 3. The van der Waals surface area contributed by atoms with Gasteiger partial charge in [0.25, 0.3) is 0 Å². The fourth-order valence-corrected chi connectivity index (χ4v) is 1.77. The Morgan fingerprint density at radius 1 is 1.38 bits per heavy atom. The van der Waals surface area contributed by atoms with Gasteiger partial charge in [0.2, 0.25) is 0 Å². The summed E-state index contributed by atoms with van der Waals surface area (Å²) >= 11 is 0. The van der Waals surface area contributed by atoms with E-state index >= 15 is 0 Å². The van der Waals surface area contributed by atoms with Crippen LogP contribution in [0.4, 0.5) is 0 Å². The van der Waals surface area contributed by atoms with Crippen LogP contribution in [0.5, 0.6) is 0 Å². The van der Waals surface area contributed by atoms with Crippen LogP contribution in [0.2, 0.25) is 0 Å². The van der Waals surface area contributed by atoms with E-state index in [1.807, 2.05) is 51.1 Å². The van der Waals surface area contributed by atoms with E-state index in [9.17, 15) is 4.79 Å². The van der Waals surface area contributed by atoms with Crippen molar-refractivity contribution in [2.45, 2.75) is 38.6 Å². The standard InChI is InChI=1S/C13H16O3/c1-9(2)15-12(14)11-13(3,16-11)10-7-5-4-6-8-10/h4-9,11H,1-3H3. The van der Waals surface area contributed by atoms with Gasteiger partial charge in [0, 0.05) is 0 Å². The molecule has 0 aromatic heterocycles. The van der Waals surface area contributed by atoms with Gasteiger partial charge >= 0.3 is 5.97 Å². The molecule has 1 aromatic carbocycles. The highest BCUT2D eigenvalue weighted by Gasteiger charge is 2.59. The predicted octanol–water partition coefficient (Wildman–Crippen LogP) is 2.25. The largest absolute Gasteiger partial charge is 0.461 e. The second kappa shape index (κ2) is 3.91. The molecule has 0 saturated carbocycles. The average Bonchev–Trinajstić information content (AvgIpc) is 2.93. The third-order valence-corrected chi connectivity index (χ3v) is 2.72. The summed E-state index contributed by atoms with van der Waals surface area (Å²) in [5.74, 6) is -0.277. The second-order valence-corrected chi connectivity index (χ2v) is 4.46. The Kier molecular flexibility index (Phi) is 2.72. The fourth-order valence-electron chi connectivity index (χ4n) is 1.77. The minimum absolute atomic E-state index is 0.100.